The van der Waals surface area contributed by atoms with Gasteiger partial charge in [-0.2, -0.15) is 0 Å². The number of tetrazole rings is 1. The van der Waals surface area contributed by atoms with Crippen molar-refractivity contribution in [3.63, 3.8) is 0 Å². The van der Waals surface area contributed by atoms with Crippen molar-refractivity contribution in [3.8, 4) is 5.75 Å². The largest absolute Gasteiger partial charge is 0.496 e. The fourth-order valence-electron chi connectivity index (χ4n) is 4.92. The van der Waals surface area contributed by atoms with E-state index in [1.165, 1.54) is 37.7 Å². The van der Waals surface area contributed by atoms with Crippen LogP contribution in [-0.4, -0.2) is 63.3 Å². The van der Waals surface area contributed by atoms with Gasteiger partial charge in [0.05, 0.1) is 19.2 Å². The number of piperazine rings is 1. The molecule has 2 aliphatic rings. The summed E-state index contributed by atoms with van der Waals surface area (Å²) in [5, 5.41) is 12.9. The van der Waals surface area contributed by atoms with E-state index < -0.39 is 0 Å². The van der Waals surface area contributed by atoms with Crippen molar-refractivity contribution in [1.82, 2.24) is 30.0 Å². The predicted octanol–water partition coefficient (Wildman–Crippen LogP) is 3.46. The van der Waals surface area contributed by atoms with Crippen LogP contribution in [0, 0.1) is 0 Å². The van der Waals surface area contributed by atoms with E-state index in [-0.39, 0.29) is 0 Å². The van der Waals surface area contributed by atoms with Crippen molar-refractivity contribution in [3.05, 3.63) is 35.7 Å². The van der Waals surface area contributed by atoms with E-state index in [0.717, 1.165) is 50.7 Å². The number of methoxy groups -OCH3 is 1. The summed E-state index contributed by atoms with van der Waals surface area (Å²) in [5.41, 5.74) is 1.26. The molecule has 1 saturated carbocycles. The molecule has 1 aromatic heterocycles. The lowest BCUT2D eigenvalue weighted by molar-refractivity contribution is 0.0822. The maximum absolute atomic E-state index is 5.52. The number of hydrogen-bond acceptors (Lipinski definition) is 6. The van der Waals surface area contributed by atoms with Gasteiger partial charge in [-0.1, -0.05) is 44.4 Å². The normalized spacial score (nSPS) is 20.6. The number of benzene rings is 1. The summed E-state index contributed by atoms with van der Waals surface area (Å²) in [6.45, 7) is 7.40. The molecular weight excluding hydrogens is 364 g/mol. The van der Waals surface area contributed by atoms with Crippen LogP contribution < -0.4 is 4.74 Å². The molecule has 0 amide bonds. The van der Waals surface area contributed by atoms with E-state index in [4.69, 9.17) is 4.74 Å². The Morgan fingerprint density at radius 3 is 2.55 bits per heavy atom. The first-order valence-corrected chi connectivity index (χ1v) is 11.2. The van der Waals surface area contributed by atoms with Crippen LogP contribution in [-0.2, 0) is 6.54 Å². The molecule has 7 heteroatoms. The third-order valence-corrected chi connectivity index (χ3v) is 6.56. The smallest absolute Gasteiger partial charge is 0.168 e. The van der Waals surface area contributed by atoms with Crippen molar-refractivity contribution in [1.29, 1.82) is 0 Å². The highest BCUT2D eigenvalue weighted by Crippen LogP contribution is 2.32. The maximum Gasteiger partial charge on any atom is 0.168 e. The average molecular weight is 399 g/mol. The van der Waals surface area contributed by atoms with E-state index in [2.05, 4.69) is 49.1 Å². The molecule has 0 radical (unpaired) electrons. The lowest BCUT2D eigenvalue weighted by Gasteiger charge is -2.39. The highest BCUT2D eigenvalue weighted by atomic mass is 16.5. The Bertz CT molecular complexity index is 764. The Morgan fingerprint density at radius 1 is 1.07 bits per heavy atom. The molecule has 0 N–H and O–H groups in total. The SMILES string of the molecule is CC[C@H](c1nnnn1C1CCCCC1)N1CCN(Cc2ccccc2OC)CC1. The van der Waals surface area contributed by atoms with Crippen molar-refractivity contribution >= 4 is 0 Å². The topological polar surface area (TPSA) is 59.3 Å². The quantitative estimate of drug-likeness (QED) is 0.712. The van der Waals surface area contributed by atoms with Crippen molar-refractivity contribution in [2.24, 2.45) is 0 Å². The second-order valence-electron chi connectivity index (χ2n) is 8.32. The molecule has 158 valence electrons. The first-order chi connectivity index (χ1) is 14.3. The van der Waals surface area contributed by atoms with Gasteiger partial charge in [-0.25, -0.2) is 4.68 Å². The Hall–Kier alpha value is -1.99. The van der Waals surface area contributed by atoms with Crippen LogP contribution in [0.25, 0.3) is 0 Å². The summed E-state index contributed by atoms with van der Waals surface area (Å²) in [5.74, 6) is 2.05. The second-order valence-corrected chi connectivity index (χ2v) is 8.32. The van der Waals surface area contributed by atoms with Gasteiger partial charge in [0.15, 0.2) is 5.82 Å². The summed E-state index contributed by atoms with van der Waals surface area (Å²) in [6, 6.07) is 9.12. The second kappa shape index (κ2) is 9.67. The van der Waals surface area contributed by atoms with E-state index >= 15 is 0 Å². The molecule has 1 aromatic carbocycles. The Morgan fingerprint density at radius 2 is 1.83 bits per heavy atom. The van der Waals surface area contributed by atoms with E-state index in [9.17, 15) is 0 Å². The van der Waals surface area contributed by atoms with Crippen molar-refractivity contribution in [2.45, 2.75) is 64.1 Å². The Balaban J connectivity index is 1.39. The monoisotopic (exact) mass is 398 g/mol. The summed E-state index contributed by atoms with van der Waals surface area (Å²) in [4.78, 5) is 5.09. The first-order valence-electron chi connectivity index (χ1n) is 11.2. The fraction of sp³-hybridized carbons (Fsp3) is 0.682. The summed E-state index contributed by atoms with van der Waals surface area (Å²) in [6.07, 6.45) is 7.39. The number of ether oxygens (including phenoxy) is 1. The molecule has 2 aromatic rings. The molecule has 0 unspecified atom stereocenters. The number of aromatic nitrogens is 4. The minimum atomic E-state index is 0.306. The van der Waals surface area contributed by atoms with Crippen LogP contribution >= 0.6 is 0 Å². The third-order valence-electron chi connectivity index (χ3n) is 6.56. The number of nitrogens with zero attached hydrogens (tertiary/aromatic N) is 6. The molecule has 1 aliphatic carbocycles. The molecule has 1 atom stereocenters. The van der Waals surface area contributed by atoms with Crippen LogP contribution in [0.15, 0.2) is 24.3 Å². The zero-order valence-corrected chi connectivity index (χ0v) is 17.8. The average Bonchev–Trinajstić information content (AvgIpc) is 3.26. The zero-order chi connectivity index (χ0) is 20.1. The summed E-state index contributed by atoms with van der Waals surface area (Å²) in [7, 11) is 1.75. The van der Waals surface area contributed by atoms with Gasteiger partial charge >= 0.3 is 0 Å². The highest BCUT2D eigenvalue weighted by Gasteiger charge is 2.30. The van der Waals surface area contributed by atoms with E-state index in [0.29, 0.717) is 12.1 Å². The molecule has 0 bridgehead atoms. The van der Waals surface area contributed by atoms with Gasteiger partial charge in [0.25, 0.3) is 0 Å². The summed E-state index contributed by atoms with van der Waals surface area (Å²) >= 11 is 0. The molecule has 29 heavy (non-hydrogen) atoms. The number of para-hydroxylation sites is 1. The van der Waals surface area contributed by atoms with Gasteiger partial charge in [-0.15, -0.1) is 5.10 Å². The molecular formula is C22H34N6O. The van der Waals surface area contributed by atoms with Gasteiger partial charge in [0.2, 0.25) is 0 Å². The first kappa shape index (κ1) is 20.3. The van der Waals surface area contributed by atoms with E-state index in [1.807, 2.05) is 12.1 Å². The molecule has 4 rings (SSSR count). The van der Waals surface area contributed by atoms with Crippen molar-refractivity contribution < 1.29 is 4.74 Å². The summed E-state index contributed by atoms with van der Waals surface area (Å²) < 4.78 is 7.67. The van der Waals surface area contributed by atoms with Crippen LogP contribution in [0.2, 0.25) is 0 Å². The van der Waals surface area contributed by atoms with Gasteiger partial charge in [-0.05, 0) is 35.8 Å². The fourth-order valence-corrected chi connectivity index (χ4v) is 4.92. The van der Waals surface area contributed by atoms with Crippen LogP contribution in [0.3, 0.4) is 0 Å². The predicted molar refractivity (Wildman–Crippen MR) is 113 cm³/mol. The maximum atomic E-state index is 5.52. The van der Waals surface area contributed by atoms with Gasteiger partial charge in [0, 0.05) is 38.3 Å². The molecule has 2 fully saturated rings. The van der Waals surface area contributed by atoms with Gasteiger partial charge in [-0.3, -0.25) is 9.80 Å². The van der Waals surface area contributed by atoms with E-state index in [1.54, 1.807) is 7.11 Å². The van der Waals surface area contributed by atoms with Gasteiger partial charge in [0.1, 0.15) is 5.75 Å². The lowest BCUT2D eigenvalue weighted by Crippen LogP contribution is -2.47. The molecule has 1 aliphatic heterocycles. The number of rotatable bonds is 7. The van der Waals surface area contributed by atoms with Crippen LogP contribution in [0.5, 0.6) is 5.75 Å². The minimum Gasteiger partial charge on any atom is -0.496 e. The Kier molecular flexibility index (Phi) is 6.77. The van der Waals surface area contributed by atoms with Crippen LogP contribution in [0.4, 0.5) is 0 Å². The molecule has 0 spiro atoms. The van der Waals surface area contributed by atoms with Gasteiger partial charge < -0.3 is 4.74 Å². The van der Waals surface area contributed by atoms with Crippen molar-refractivity contribution in [2.75, 3.05) is 33.3 Å². The standard InChI is InChI=1S/C22H34N6O/c1-3-20(22-23-24-25-28(22)19-10-5-4-6-11-19)27-15-13-26(14-16-27)17-18-9-7-8-12-21(18)29-2/h7-9,12,19-20H,3-6,10-11,13-17H2,1-2H3/t20-/m1/s1. The molecule has 2 heterocycles. The zero-order valence-electron chi connectivity index (χ0n) is 17.8. The Labute approximate surface area is 174 Å². The lowest BCUT2D eigenvalue weighted by atomic mass is 9.95. The van der Waals surface area contributed by atoms with Crippen LogP contribution in [0.1, 0.15) is 68.9 Å². The third kappa shape index (κ3) is 4.61. The number of hydrogen-bond donors (Lipinski definition) is 0. The highest BCUT2D eigenvalue weighted by molar-refractivity contribution is 5.33. The molecule has 1 saturated heterocycles. The minimum absolute atomic E-state index is 0.306. The molecule has 7 nitrogen and oxygen atoms in total.